The van der Waals surface area contributed by atoms with E-state index in [1.54, 1.807) is 37.4 Å². The maximum Gasteiger partial charge on any atom is 0.241 e. The first-order valence-corrected chi connectivity index (χ1v) is 11.9. The molecule has 0 saturated heterocycles. The van der Waals surface area contributed by atoms with Crippen LogP contribution in [0, 0.1) is 0 Å². The van der Waals surface area contributed by atoms with Gasteiger partial charge in [-0.1, -0.05) is 36.4 Å². The zero-order valence-corrected chi connectivity index (χ0v) is 19.0. The van der Waals surface area contributed by atoms with Gasteiger partial charge < -0.3 is 14.8 Å². The first-order valence-electron chi connectivity index (χ1n) is 10.0. The molecule has 0 fully saturated rings. The molecule has 168 valence electrons. The summed E-state index contributed by atoms with van der Waals surface area (Å²) in [5.74, 6) is 1.44. The molecule has 3 aromatic carbocycles. The Morgan fingerprint density at radius 1 is 0.938 bits per heavy atom. The van der Waals surface area contributed by atoms with Crippen molar-refractivity contribution >= 4 is 21.6 Å². The molecule has 0 saturated carbocycles. The SMILES string of the molecule is COc1ccccc1[C@@H](C)NC(=O)CN(c1ccc(Oc2ccccc2)cc1)S(C)(=O)=O. The van der Waals surface area contributed by atoms with Crippen LogP contribution in [0.3, 0.4) is 0 Å². The van der Waals surface area contributed by atoms with Gasteiger partial charge in [0.05, 0.1) is 25.1 Å². The van der Waals surface area contributed by atoms with E-state index >= 15 is 0 Å². The molecule has 0 aliphatic carbocycles. The number of para-hydroxylation sites is 2. The van der Waals surface area contributed by atoms with Gasteiger partial charge >= 0.3 is 0 Å². The smallest absolute Gasteiger partial charge is 0.241 e. The van der Waals surface area contributed by atoms with E-state index < -0.39 is 15.9 Å². The summed E-state index contributed by atoms with van der Waals surface area (Å²) in [6.45, 7) is 1.47. The normalized spacial score (nSPS) is 12.0. The number of amides is 1. The fourth-order valence-corrected chi connectivity index (χ4v) is 4.08. The van der Waals surface area contributed by atoms with Gasteiger partial charge in [0.2, 0.25) is 15.9 Å². The standard InChI is InChI=1S/C24H26N2O5S/c1-18(22-11-7-8-12-23(22)30-2)25-24(27)17-26(32(3,28)29)19-13-15-21(16-14-19)31-20-9-5-4-6-10-20/h4-16,18H,17H2,1-3H3,(H,25,27)/t18-/m1/s1. The molecule has 1 N–H and O–H groups in total. The van der Waals surface area contributed by atoms with Gasteiger partial charge in [-0.2, -0.15) is 0 Å². The Balaban J connectivity index is 1.72. The number of methoxy groups -OCH3 is 1. The monoisotopic (exact) mass is 454 g/mol. The number of ether oxygens (including phenoxy) is 2. The summed E-state index contributed by atoms with van der Waals surface area (Å²) in [6.07, 6.45) is 1.07. The maximum atomic E-state index is 12.7. The number of carbonyl (C=O) groups is 1. The van der Waals surface area contributed by atoms with E-state index in [2.05, 4.69) is 5.32 Å². The largest absolute Gasteiger partial charge is 0.496 e. The third kappa shape index (κ3) is 6.01. The van der Waals surface area contributed by atoms with Crippen molar-refractivity contribution in [3.8, 4) is 17.2 Å². The summed E-state index contributed by atoms with van der Waals surface area (Å²) < 4.78 is 36.9. The highest BCUT2D eigenvalue weighted by atomic mass is 32.2. The van der Waals surface area contributed by atoms with E-state index in [1.807, 2.05) is 55.5 Å². The second-order valence-electron chi connectivity index (χ2n) is 7.21. The Labute approximate surface area is 188 Å². The predicted molar refractivity (Wildman–Crippen MR) is 125 cm³/mol. The molecule has 0 heterocycles. The van der Waals surface area contributed by atoms with E-state index in [0.29, 0.717) is 22.9 Å². The molecule has 7 nitrogen and oxygen atoms in total. The lowest BCUT2D eigenvalue weighted by Gasteiger charge is -2.24. The van der Waals surface area contributed by atoms with Gasteiger partial charge in [-0.3, -0.25) is 9.10 Å². The molecule has 8 heteroatoms. The van der Waals surface area contributed by atoms with Crippen molar-refractivity contribution in [1.82, 2.24) is 5.32 Å². The lowest BCUT2D eigenvalue weighted by molar-refractivity contribution is -0.120. The van der Waals surface area contributed by atoms with Gasteiger partial charge in [0, 0.05) is 5.56 Å². The molecule has 0 aliphatic heterocycles. The number of hydrogen-bond acceptors (Lipinski definition) is 5. The highest BCUT2D eigenvalue weighted by Crippen LogP contribution is 2.26. The molecule has 0 aliphatic rings. The van der Waals surface area contributed by atoms with Crippen molar-refractivity contribution in [3.63, 3.8) is 0 Å². The lowest BCUT2D eigenvalue weighted by Crippen LogP contribution is -2.41. The second-order valence-corrected chi connectivity index (χ2v) is 9.12. The Kier molecular flexibility index (Phi) is 7.37. The predicted octanol–water partition coefficient (Wildman–Crippen LogP) is 4.13. The van der Waals surface area contributed by atoms with Crippen LogP contribution in [0.2, 0.25) is 0 Å². The van der Waals surface area contributed by atoms with Crippen molar-refractivity contribution in [1.29, 1.82) is 0 Å². The van der Waals surface area contributed by atoms with Gasteiger partial charge in [0.15, 0.2) is 0 Å². The zero-order chi connectivity index (χ0) is 23.1. The van der Waals surface area contributed by atoms with Crippen molar-refractivity contribution in [2.45, 2.75) is 13.0 Å². The number of nitrogens with zero attached hydrogens (tertiary/aromatic N) is 1. The van der Waals surface area contributed by atoms with Crippen molar-refractivity contribution < 1.29 is 22.7 Å². The number of anilines is 1. The summed E-state index contributed by atoms with van der Waals surface area (Å²) >= 11 is 0. The molecule has 1 atom stereocenters. The van der Waals surface area contributed by atoms with Crippen LogP contribution in [0.4, 0.5) is 5.69 Å². The Morgan fingerprint density at radius 2 is 1.53 bits per heavy atom. The quantitative estimate of drug-likeness (QED) is 0.526. The van der Waals surface area contributed by atoms with Crippen molar-refractivity contribution in [2.24, 2.45) is 0 Å². The molecule has 3 rings (SSSR count). The van der Waals surface area contributed by atoms with E-state index in [-0.39, 0.29) is 12.6 Å². The van der Waals surface area contributed by atoms with Crippen LogP contribution in [0.1, 0.15) is 18.5 Å². The zero-order valence-electron chi connectivity index (χ0n) is 18.2. The van der Waals surface area contributed by atoms with E-state index in [1.165, 1.54) is 0 Å². The van der Waals surface area contributed by atoms with Crippen LogP contribution in [-0.2, 0) is 14.8 Å². The number of benzene rings is 3. The highest BCUT2D eigenvalue weighted by Gasteiger charge is 2.22. The molecule has 3 aromatic rings. The minimum Gasteiger partial charge on any atom is -0.496 e. The van der Waals surface area contributed by atoms with Crippen LogP contribution in [-0.4, -0.2) is 34.2 Å². The molecule has 1 amide bonds. The lowest BCUT2D eigenvalue weighted by atomic mass is 10.1. The fourth-order valence-electron chi connectivity index (χ4n) is 3.22. The van der Waals surface area contributed by atoms with E-state index in [4.69, 9.17) is 9.47 Å². The second kappa shape index (κ2) is 10.2. The maximum absolute atomic E-state index is 12.7. The number of carbonyl (C=O) groups excluding carboxylic acids is 1. The topological polar surface area (TPSA) is 84.9 Å². The Bertz CT molecular complexity index is 1150. The summed E-state index contributed by atoms with van der Waals surface area (Å²) in [7, 11) is -2.13. The Hall–Kier alpha value is -3.52. The van der Waals surface area contributed by atoms with Gasteiger partial charge in [0.25, 0.3) is 0 Å². The van der Waals surface area contributed by atoms with Crippen LogP contribution < -0.4 is 19.1 Å². The molecule has 0 unspecified atom stereocenters. The summed E-state index contributed by atoms with van der Waals surface area (Å²) in [5.41, 5.74) is 1.17. The third-order valence-corrected chi connectivity index (χ3v) is 5.91. The Morgan fingerprint density at radius 3 is 2.16 bits per heavy atom. The van der Waals surface area contributed by atoms with Gasteiger partial charge in [-0.05, 0) is 49.4 Å². The van der Waals surface area contributed by atoms with Crippen molar-refractivity contribution in [2.75, 3.05) is 24.2 Å². The van der Waals surface area contributed by atoms with Crippen LogP contribution in [0.5, 0.6) is 17.2 Å². The minimum atomic E-state index is -3.69. The van der Waals surface area contributed by atoms with Gasteiger partial charge in [-0.25, -0.2) is 8.42 Å². The summed E-state index contributed by atoms with van der Waals surface area (Å²) in [6, 6.07) is 22.8. The first kappa shape index (κ1) is 23.1. The average molecular weight is 455 g/mol. The number of rotatable bonds is 9. The van der Waals surface area contributed by atoms with E-state index in [0.717, 1.165) is 16.1 Å². The highest BCUT2D eigenvalue weighted by molar-refractivity contribution is 7.92. The van der Waals surface area contributed by atoms with Crippen LogP contribution in [0.15, 0.2) is 78.9 Å². The minimum absolute atomic E-state index is 0.350. The summed E-state index contributed by atoms with van der Waals surface area (Å²) in [5, 5.41) is 2.84. The third-order valence-electron chi connectivity index (χ3n) is 4.77. The van der Waals surface area contributed by atoms with Crippen molar-refractivity contribution in [3.05, 3.63) is 84.4 Å². The summed E-state index contributed by atoms with van der Waals surface area (Å²) in [4.78, 5) is 12.7. The number of sulfonamides is 1. The van der Waals surface area contributed by atoms with Crippen LogP contribution >= 0.6 is 0 Å². The van der Waals surface area contributed by atoms with Gasteiger partial charge in [0.1, 0.15) is 23.8 Å². The molecule has 32 heavy (non-hydrogen) atoms. The molecular weight excluding hydrogens is 428 g/mol. The molecule has 0 aromatic heterocycles. The molecule has 0 spiro atoms. The van der Waals surface area contributed by atoms with Gasteiger partial charge in [-0.15, -0.1) is 0 Å². The van der Waals surface area contributed by atoms with E-state index in [9.17, 15) is 13.2 Å². The number of hydrogen-bond donors (Lipinski definition) is 1. The van der Waals surface area contributed by atoms with Crippen LogP contribution in [0.25, 0.3) is 0 Å². The first-order chi connectivity index (χ1) is 15.3. The number of nitrogens with one attached hydrogen (secondary N) is 1. The average Bonchev–Trinajstić information content (AvgIpc) is 2.78. The fraction of sp³-hybridized carbons (Fsp3) is 0.208. The molecule has 0 radical (unpaired) electrons. The molecular formula is C24H26N2O5S. The molecule has 0 bridgehead atoms.